The van der Waals surface area contributed by atoms with Crippen molar-refractivity contribution in [3.8, 4) is 11.1 Å². The van der Waals surface area contributed by atoms with Crippen LogP contribution in [0.3, 0.4) is 0 Å². The standard InChI is InChI=1S/C36H45F4NOSi/c1-34(2,3)43(6,7)42-30-22-35(4,5)21-29-32(30)31(24-14-18-27(37)19-15-24)28(33(41-29)25-10-8-9-11-25)20-23-12-16-26(17-13-23)36(38,39)40/h12-19,25,30H,8-11,20-22H2,1-7H3. The summed E-state index contributed by atoms with van der Waals surface area (Å²) < 4.78 is 61.7. The van der Waals surface area contributed by atoms with E-state index in [9.17, 15) is 17.6 Å². The molecule has 3 aromatic rings. The van der Waals surface area contributed by atoms with Crippen molar-refractivity contribution in [2.45, 2.75) is 116 Å². The number of fused-ring (bicyclic) bond motifs is 1. The zero-order chi connectivity index (χ0) is 31.4. The van der Waals surface area contributed by atoms with Gasteiger partial charge >= 0.3 is 6.18 Å². The van der Waals surface area contributed by atoms with Gasteiger partial charge in [-0.3, -0.25) is 4.98 Å². The highest BCUT2D eigenvalue weighted by molar-refractivity contribution is 6.74. The van der Waals surface area contributed by atoms with Gasteiger partial charge in [0.15, 0.2) is 8.32 Å². The summed E-state index contributed by atoms with van der Waals surface area (Å²) in [6, 6.07) is 12.2. The van der Waals surface area contributed by atoms with Crippen LogP contribution in [0.25, 0.3) is 11.1 Å². The van der Waals surface area contributed by atoms with Crippen molar-refractivity contribution in [3.63, 3.8) is 0 Å². The molecule has 0 N–H and O–H groups in total. The third kappa shape index (κ3) is 6.78. The monoisotopic (exact) mass is 611 g/mol. The van der Waals surface area contributed by atoms with Gasteiger partial charge in [0, 0.05) is 22.9 Å². The third-order valence-electron chi connectivity index (χ3n) is 9.93. The van der Waals surface area contributed by atoms with Crippen molar-refractivity contribution in [3.05, 3.63) is 88.0 Å². The highest BCUT2D eigenvalue weighted by Crippen LogP contribution is 2.52. The van der Waals surface area contributed by atoms with Crippen molar-refractivity contribution in [1.29, 1.82) is 0 Å². The zero-order valence-corrected chi connectivity index (χ0v) is 27.6. The van der Waals surface area contributed by atoms with Gasteiger partial charge in [-0.25, -0.2) is 4.39 Å². The minimum Gasteiger partial charge on any atom is -0.410 e. The van der Waals surface area contributed by atoms with E-state index < -0.39 is 20.1 Å². The first-order chi connectivity index (χ1) is 20.0. The molecule has 2 aliphatic carbocycles. The van der Waals surface area contributed by atoms with E-state index in [2.05, 4.69) is 47.7 Å². The van der Waals surface area contributed by atoms with Gasteiger partial charge in [-0.2, -0.15) is 13.2 Å². The summed E-state index contributed by atoms with van der Waals surface area (Å²) in [5, 5.41) is 0.00503. The van der Waals surface area contributed by atoms with Crippen molar-refractivity contribution in [1.82, 2.24) is 4.98 Å². The molecule has 0 aliphatic heterocycles. The smallest absolute Gasteiger partial charge is 0.410 e. The number of rotatable bonds is 6. The van der Waals surface area contributed by atoms with E-state index in [1.807, 2.05) is 12.1 Å². The molecular weight excluding hydrogens is 566 g/mol. The molecular formula is C36H45F4NOSi. The van der Waals surface area contributed by atoms with Gasteiger partial charge in [0.05, 0.1) is 11.7 Å². The molecule has 0 radical (unpaired) electrons. The molecule has 2 aliphatic rings. The fourth-order valence-electron chi connectivity index (χ4n) is 6.63. The van der Waals surface area contributed by atoms with Gasteiger partial charge in [-0.05, 0) is 102 Å². The van der Waals surface area contributed by atoms with Crippen LogP contribution in [0, 0.1) is 11.2 Å². The van der Waals surface area contributed by atoms with Crippen molar-refractivity contribution < 1.29 is 22.0 Å². The van der Waals surface area contributed by atoms with Crippen LogP contribution in [-0.2, 0) is 23.4 Å². The topological polar surface area (TPSA) is 22.1 Å². The summed E-state index contributed by atoms with van der Waals surface area (Å²) in [5.41, 5.74) is 6.30. The van der Waals surface area contributed by atoms with E-state index in [1.54, 1.807) is 12.1 Å². The van der Waals surface area contributed by atoms with Crippen LogP contribution >= 0.6 is 0 Å². The van der Waals surface area contributed by atoms with Gasteiger partial charge in [0.2, 0.25) is 0 Å². The van der Waals surface area contributed by atoms with Crippen LogP contribution in [0.1, 0.15) is 112 Å². The molecule has 5 rings (SSSR count). The molecule has 0 saturated heterocycles. The molecule has 2 nitrogen and oxygen atoms in total. The second kappa shape index (κ2) is 11.4. The zero-order valence-electron chi connectivity index (χ0n) is 26.6. The van der Waals surface area contributed by atoms with Gasteiger partial charge in [0.1, 0.15) is 5.82 Å². The maximum absolute atomic E-state index is 14.3. The summed E-state index contributed by atoms with van der Waals surface area (Å²) in [4.78, 5) is 5.47. The molecule has 1 unspecified atom stereocenters. The molecule has 2 aromatic carbocycles. The molecule has 7 heteroatoms. The summed E-state index contributed by atoms with van der Waals surface area (Å²) in [6.45, 7) is 15.8. The number of nitrogens with zero attached hydrogens (tertiary/aromatic N) is 1. The first kappa shape index (κ1) is 31.9. The second-order valence-electron chi connectivity index (χ2n) is 15.0. The number of halogens is 4. The predicted octanol–water partition coefficient (Wildman–Crippen LogP) is 11.2. The molecule has 1 atom stereocenters. The Hall–Kier alpha value is -2.51. The van der Waals surface area contributed by atoms with E-state index in [-0.39, 0.29) is 22.4 Å². The molecule has 43 heavy (non-hydrogen) atoms. The molecule has 1 saturated carbocycles. The summed E-state index contributed by atoms with van der Waals surface area (Å²) in [6.07, 6.45) is 1.89. The molecule has 232 valence electrons. The molecule has 1 heterocycles. The molecule has 0 amide bonds. The second-order valence-corrected chi connectivity index (χ2v) is 19.7. The normalized spacial score (nSPS) is 19.5. The summed E-state index contributed by atoms with van der Waals surface area (Å²) in [5.74, 6) is -0.0130. The Morgan fingerprint density at radius 1 is 0.930 bits per heavy atom. The van der Waals surface area contributed by atoms with Crippen molar-refractivity contribution >= 4 is 8.32 Å². The van der Waals surface area contributed by atoms with Gasteiger partial charge in [-0.1, -0.05) is 71.7 Å². The minimum atomic E-state index is -4.39. The molecule has 0 spiro atoms. The van der Waals surface area contributed by atoms with Crippen LogP contribution in [-0.4, -0.2) is 13.3 Å². The van der Waals surface area contributed by atoms with Crippen LogP contribution in [0.15, 0.2) is 48.5 Å². The average molecular weight is 612 g/mol. The fourth-order valence-corrected chi connectivity index (χ4v) is 7.90. The van der Waals surface area contributed by atoms with E-state index >= 15 is 0 Å². The first-order valence-electron chi connectivity index (χ1n) is 15.6. The number of pyridine rings is 1. The largest absolute Gasteiger partial charge is 0.416 e. The number of hydrogen-bond donors (Lipinski definition) is 0. The maximum Gasteiger partial charge on any atom is 0.416 e. The first-order valence-corrected chi connectivity index (χ1v) is 18.5. The Labute approximate surface area is 255 Å². The lowest BCUT2D eigenvalue weighted by Gasteiger charge is -2.45. The van der Waals surface area contributed by atoms with E-state index in [4.69, 9.17) is 9.41 Å². The van der Waals surface area contributed by atoms with Crippen LogP contribution < -0.4 is 0 Å². The lowest BCUT2D eigenvalue weighted by molar-refractivity contribution is -0.137. The van der Waals surface area contributed by atoms with Gasteiger partial charge in [0.25, 0.3) is 0 Å². The van der Waals surface area contributed by atoms with Crippen LogP contribution in [0.5, 0.6) is 0 Å². The average Bonchev–Trinajstić information content (AvgIpc) is 3.42. The Balaban J connectivity index is 1.77. The van der Waals surface area contributed by atoms with Crippen molar-refractivity contribution in [2.24, 2.45) is 5.41 Å². The van der Waals surface area contributed by atoms with Crippen molar-refractivity contribution in [2.75, 3.05) is 0 Å². The number of hydrogen-bond acceptors (Lipinski definition) is 2. The van der Waals surface area contributed by atoms with Crippen LogP contribution in [0.2, 0.25) is 18.1 Å². The number of benzene rings is 2. The lowest BCUT2D eigenvalue weighted by Crippen LogP contribution is -2.44. The Morgan fingerprint density at radius 2 is 1.53 bits per heavy atom. The highest BCUT2D eigenvalue weighted by atomic mass is 28.4. The predicted molar refractivity (Wildman–Crippen MR) is 168 cm³/mol. The number of alkyl halides is 3. The van der Waals surface area contributed by atoms with Gasteiger partial charge < -0.3 is 4.43 Å². The molecule has 0 bridgehead atoms. The summed E-state index contributed by atoms with van der Waals surface area (Å²) in [7, 11) is -2.21. The van der Waals surface area contributed by atoms with Crippen LogP contribution in [0.4, 0.5) is 17.6 Å². The minimum absolute atomic E-state index is 0.00503. The fraction of sp³-hybridized carbons (Fsp3) is 0.528. The summed E-state index contributed by atoms with van der Waals surface area (Å²) >= 11 is 0. The Bertz CT molecular complexity index is 1450. The maximum atomic E-state index is 14.3. The Morgan fingerprint density at radius 3 is 2.09 bits per heavy atom. The SMILES string of the molecule is CC1(C)Cc2nc(C3CCCC3)c(Cc3ccc(C(F)(F)F)cc3)c(-c3ccc(F)cc3)c2C(O[Si](C)(C)C(C)(C)C)C1. The molecule has 1 aromatic heterocycles. The third-order valence-corrected chi connectivity index (χ3v) is 14.4. The highest BCUT2D eigenvalue weighted by Gasteiger charge is 2.45. The Kier molecular flexibility index (Phi) is 8.49. The quantitative estimate of drug-likeness (QED) is 0.204. The number of aromatic nitrogens is 1. The van der Waals surface area contributed by atoms with E-state index in [1.165, 1.54) is 24.3 Å². The molecule has 1 fully saturated rings. The van der Waals surface area contributed by atoms with E-state index in [0.717, 1.165) is 77.7 Å². The van der Waals surface area contributed by atoms with E-state index in [0.29, 0.717) is 12.3 Å². The van der Waals surface area contributed by atoms with Gasteiger partial charge in [-0.15, -0.1) is 0 Å². The lowest BCUT2D eigenvalue weighted by atomic mass is 9.71.